The van der Waals surface area contributed by atoms with Gasteiger partial charge in [0.2, 0.25) is 0 Å². The second-order valence-corrected chi connectivity index (χ2v) is 7.82. The van der Waals surface area contributed by atoms with Crippen LogP contribution in [0.4, 0.5) is 0 Å². The Bertz CT molecular complexity index is 592. The standard InChI is InChI=1S/C16H23NO3S/c1-3-5-13-6-8-14(9-7-13)16(18)17(4-2)15-10-11-21(19,20)12-15/h6-9,15H,3-5,10-12H2,1-2H3. The number of nitrogens with zero attached hydrogens (tertiary/aromatic N) is 1. The summed E-state index contributed by atoms with van der Waals surface area (Å²) in [7, 11) is -2.97. The average Bonchev–Trinajstić information content (AvgIpc) is 2.81. The van der Waals surface area contributed by atoms with Gasteiger partial charge in [-0.25, -0.2) is 8.42 Å². The van der Waals surface area contributed by atoms with E-state index in [1.807, 2.05) is 31.2 Å². The van der Waals surface area contributed by atoms with Crippen molar-refractivity contribution in [3.63, 3.8) is 0 Å². The molecule has 116 valence electrons. The predicted octanol–water partition coefficient (Wildman–Crippen LogP) is 2.29. The van der Waals surface area contributed by atoms with Gasteiger partial charge in [0.1, 0.15) is 0 Å². The van der Waals surface area contributed by atoms with Crippen LogP contribution < -0.4 is 0 Å². The fourth-order valence-corrected chi connectivity index (χ4v) is 4.59. The fraction of sp³-hybridized carbons (Fsp3) is 0.562. The molecule has 0 aliphatic carbocycles. The Morgan fingerprint density at radius 1 is 1.24 bits per heavy atom. The average molecular weight is 309 g/mol. The Labute approximate surface area is 127 Å². The highest BCUT2D eigenvalue weighted by molar-refractivity contribution is 7.91. The molecule has 1 amide bonds. The maximum absolute atomic E-state index is 12.6. The maximum atomic E-state index is 12.6. The van der Waals surface area contributed by atoms with Crippen molar-refractivity contribution in [3.05, 3.63) is 35.4 Å². The van der Waals surface area contributed by atoms with E-state index in [9.17, 15) is 13.2 Å². The lowest BCUT2D eigenvalue weighted by Gasteiger charge is -2.27. The van der Waals surface area contributed by atoms with Crippen molar-refractivity contribution in [1.29, 1.82) is 0 Å². The quantitative estimate of drug-likeness (QED) is 0.838. The minimum absolute atomic E-state index is 0.0670. The predicted molar refractivity (Wildman–Crippen MR) is 84.2 cm³/mol. The summed E-state index contributed by atoms with van der Waals surface area (Å²) in [5, 5.41) is 0. The first kappa shape index (κ1) is 16.0. The third-order valence-corrected chi connectivity index (χ3v) is 5.74. The van der Waals surface area contributed by atoms with Gasteiger partial charge in [0.15, 0.2) is 9.84 Å². The highest BCUT2D eigenvalue weighted by atomic mass is 32.2. The lowest BCUT2D eigenvalue weighted by Crippen LogP contribution is -2.40. The second-order valence-electron chi connectivity index (χ2n) is 5.59. The van der Waals surface area contributed by atoms with E-state index < -0.39 is 9.84 Å². The van der Waals surface area contributed by atoms with Crippen molar-refractivity contribution in [2.75, 3.05) is 18.1 Å². The van der Waals surface area contributed by atoms with E-state index in [0.29, 0.717) is 18.5 Å². The SMILES string of the molecule is CCCc1ccc(C(=O)N(CC)C2CCS(=O)(=O)C2)cc1. The van der Waals surface area contributed by atoms with Gasteiger partial charge in [0, 0.05) is 18.2 Å². The molecule has 0 N–H and O–H groups in total. The van der Waals surface area contributed by atoms with Crippen molar-refractivity contribution in [3.8, 4) is 0 Å². The molecule has 1 fully saturated rings. The smallest absolute Gasteiger partial charge is 0.254 e. The van der Waals surface area contributed by atoms with Crippen LogP contribution in [0.2, 0.25) is 0 Å². The van der Waals surface area contributed by atoms with Crippen molar-refractivity contribution < 1.29 is 13.2 Å². The molecule has 4 nitrogen and oxygen atoms in total. The monoisotopic (exact) mass is 309 g/mol. The molecule has 5 heteroatoms. The van der Waals surface area contributed by atoms with Crippen LogP contribution in [-0.2, 0) is 16.3 Å². The highest BCUT2D eigenvalue weighted by Gasteiger charge is 2.34. The van der Waals surface area contributed by atoms with E-state index in [0.717, 1.165) is 12.8 Å². The van der Waals surface area contributed by atoms with Gasteiger partial charge in [0.05, 0.1) is 11.5 Å². The van der Waals surface area contributed by atoms with Crippen LogP contribution in [0, 0.1) is 0 Å². The molecule has 0 saturated carbocycles. The van der Waals surface area contributed by atoms with E-state index in [1.165, 1.54) is 5.56 Å². The van der Waals surface area contributed by atoms with Crippen molar-refractivity contribution in [2.45, 2.75) is 39.2 Å². The normalized spacial score (nSPS) is 20.4. The molecule has 1 aliphatic heterocycles. The summed E-state index contributed by atoms with van der Waals surface area (Å²) < 4.78 is 23.2. The van der Waals surface area contributed by atoms with Gasteiger partial charge in [-0.3, -0.25) is 4.79 Å². The van der Waals surface area contributed by atoms with Gasteiger partial charge in [-0.05, 0) is 37.5 Å². The number of aryl methyl sites for hydroxylation is 1. The molecular formula is C16H23NO3S. The Morgan fingerprint density at radius 2 is 1.90 bits per heavy atom. The third-order valence-electron chi connectivity index (χ3n) is 3.99. The number of rotatable bonds is 5. The van der Waals surface area contributed by atoms with Crippen LogP contribution in [0.25, 0.3) is 0 Å². The molecule has 1 atom stereocenters. The van der Waals surface area contributed by atoms with Crippen LogP contribution in [0.5, 0.6) is 0 Å². The van der Waals surface area contributed by atoms with E-state index in [4.69, 9.17) is 0 Å². The molecule has 0 bridgehead atoms. The van der Waals surface area contributed by atoms with Crippen LogP contribution in [0.1, 0.15) is 42.6 Å². The summed E-state index contributed by atoms with van der Waals surface area (Å²) >= 11 is 0. The molecule has 1 heterocycles. The molecule has 1 unspecified atom stereocenters. The molecule has 0 radical (unpaired) electrons. The summed E-state index contributed by atoms with van der Waals surface area (Å²) in [6.07, 6.45) is 2.64. The molecule has 1 saturated heterocycles. The van der Waals surface area contributed by atoms with Gasteiger partial charge < -0.3 is 4.90 Å². The zero-order valence-electron chi connectivity index (χ0n) is 12.7. The summed E-state index contributed by atoms with van der Waals surface area (Å²) in [6, 6.07) is 7.48. The molecule has 0 aromatic heterocycles. The van der Waals surface area contributed by atoms with E-state index in [2.05, 4.69) is 6.92 Å². The summed E-state index contributed by atoms with van der Waals surface area (Å²) in [5.74, 6) is 0.222. The lowest BCUT2D eigenvalue weighted by atomic mass is 10.1. The molecule has 0 spiro atoms. The number of amides is 1. The number of hydrogen-bond donors (Lipinski definition) is 0. The zero-order valence-corrected chi connectivity index (χ0v) is 13.5. The minimum Gasteiger partial charge on any atom is -0.335 e. The first-order valence-electron chi connectivity index (χ1n) is 7.57. The zero-order chi connectivity index (χ0) is 15.5. The number of hydrogen-bond acceptors (Lipinski definition) is 3. The van der Waals surface area contributed by atoms with Crippen molar-refractivity contribution in [1.82, 2.24) is 4.90 Å². The number of benzene rings is 1. The Hall–Kier alpha value is -1.36. The number of sulfone groups is 1. The molecule has 21 heavy (non-hydrogen) atoms. The van der Waals surface area contributed by atoms with Gasteiger partial charge in [-0.2, -0.15) is 0 Å². The number of carbonyl (C=O) groups is 1. The van der Waals surface area contributed by atoms with Crippen molar-refractivity contribution >= 4 is 15.7 Å². The minimum atomic E-state index is -2.97. The largest absolute Gasteiger partial charge is 0.335 e. The Kier molecular flexibility index (Phi) is 5.04. The van der Waals surface area contributed by atoms with Crippen molar-refractivity contribution in [2.24, 2.45) is 0 Å². The Morgan fingerprint density at radius 3 is 2.38 bits per heavy atom. The first-order chi connectivity index (χ1) is 9.96. The van der Waals surface area contributed by atoms with E-state index in [1.54, 1.807) is 4.90 Å². The maximum Gasteiger partial charge on any atom is 0.254 e. The third kappa shape index (κ3) is 3.84. The molecule has 1 aliphatic rings. The van der Waals surface area contributed by atoms with E-state index in [-0.39, 0.29) is 23.5 Å². The Balaban J connectivity index is 2.13. The molecule has 2 rings (SSSR count). The number of carbonyl (C=O) groups excluding carboxylic acids is 1. The fourth-order valence-electron chi connectivity index (χ4n) is 2.86. The molecular weight excluding hydrogens is 286 g/mol. The van der Waals surface area contributed by atoms with Crippen LogP contribution in [0.3, 0.4) is 0 Å². The summed E-state index contributed by atoms with van der Waals surface area (Å²) in [5.41, 5.74) is 1.86. The van der Waals surface area contributed by atoms with Crippen LogP contribution in [0.15, 0.2) is 24.3 Å². The summed E-state index contributed by atoms with van der Waals surface area (Å²) in [6.45, 7) is 4.56. The van der Waals surface area contributed by atoms with Gasteiger partial charge in [-0.1, -0.05) is 25.5 Å². The van der Waals surface area contributed by atoms with Gasteiger partial charge in [0.25, 0.3) is 5.91 Å². The molecule has 1 aromatic rings. The summed E-state index contributed by atoms with van der Waals surface area (Å²) in [4.78, 5) is 14.3. The van der Waals surface area contributed by atoms with Crippen LogP contribution >= 0.6 is 0 Å². The second kappa shape index (κ2) is 6.60. The van der Waals surface area contributed by atoms with Crippen LogP contribution in [-0.4, -0.2) is 43.3 Å². The van der Waals surface area contributed by atoms with Gasteiger partial charge in [-0.15, -0.1) is 0 Å². The first-order valence-corrected chi connectivity index (χ1v) is 9.39. The van der Waals surface area contributed by atoms with Gasteiger partial charge >= 0.3 is 0 Å². The van der Waals surface area contributed by atoms with E-state index >= 15 is 0 Å². The molecule has 1 aromatic carbocycles. The topological polar surface area (TPSA) is 54.5 Å². The highest BCUT2D eigenvalue weighted by Crippen LogP contribution is 2.20. The lowest BCUT2D eigenvalue weighted by molar-refractivity contribution is 0.0708.